The van der Waals surface area contributed by atoms with Crippen LogP contribution in [0.15, 0.2) is 18.2 Å². The molecule has 1 aliphatic carbocycles. The second-order valence-electron chi connectivity index (χ2n) is 5.14. The topological polar surface area (TPSA) is 64.7 Å². The van der Waals surface area contributed by atoms with Crippen molar-refractivity contribution < 1.29 is 14.6 Å². The van der Waals surface area contributed by atoms with Crippen molar-refractivity contribution in [2.45, 2.75) is 44.8 Å². The van der Waals surface area contributed by atoms with E-state index in [0.717, 1.165) is 31.2 Å². The van der Waals surface area contributed by atoms with Crippen LogP contribution in [0.3, 0.4) is 0 Å². The highest BCUT2D eigenvalue weighted by Gasteiger charge is 2.32. The lowest BCUT2D eigenvalue weighted by molar-refractivity contribution is 0.000604. The van der Waals surface area contributed by atoms with Gasteiger partial charge in [0.25, 0.3) is 0 Å². The van der Waals surface area contributed by atoms with Crippen LogP contribution in [0.4, 0.5) is 0 Å². The smallest absolute Gasteiger partial charge is 0.161 e. The number of aliphatic hydroxyl groups is 1. The SMILES string of the molecule is CCOc1cc(CN)ccc1OCC1(O)CCCC1. The summed E-state index contributed by atoms with van der Waals surface area (Å²) in [4.78, 5) is 0. The minimum Gasteiger partial charge on any atom is -0.490 e. The van der Waals surface area contributed by atoms with Crippen molar-refractivity contribution in [3.63, 3.8) is 0 Å². The Hall–Kier alpha value is -1.26. The standard InChI is InChI=1S/C15H23NO3/c1-2-18-14-9-12(10-16)5-6-13(14)19-11-15(17)7-3-4-8-15/h5-6,9,17H,2-4,7-8,10-11,16H2,1H3. The molecule has 0 aliphatic heterocycles. The van der Waals surface area contributed by atoms with Crippen molar-refractivity contribution in [3.8, 4) is 11.5 Å². The number of hydrogen-bond acceptors (Lipinski definition) is 4. The zero-order chi connectivity index (χ0) is 13.7. The molecule has 0 spiro atoms. The summed E-state index contributed by atoms with van der Waals surface area (Å²) in [5.74, 6) is 1.38. The molecule has 19 heavy (non-hydrogen) atoms. The molecule has 0 atom stereocenters. The first-order valence-corrected chi connectivity index (χ1v) is 6.98. The van der Waals surface area contributed by atoms with Gasteiger partial charge < -0.3 is 20.3 Å². The average Bonchev–Trinajstić information content (AvgIpc) is 2.85. The Bertz CT molecular complexity index is 414. The average molecular weight is 265 g/mol. The number of ether oxygens (including phenoxy) is 2. The molecule has 1 fully saturated rings. The molecule has 0 saturated heterocycles. The van der Waals surface area contributed by atoms with E-state index in [2.05, 4.69) is 0 Å². The van der Waals surface area contributed by atoms with Crippen LogP contribution in [0, 0.1) is 0 Å². The molecule has 4 heteroatoms. The maximum atomic E-state index is 10.3. The summed E-state index contributed by atoms with van der Waals surface area (Å²) in [5.41, 5.74) is 5.96. The predicted molar refractivity (Wildman–Crippen MR) is 74.4 cm³/mol. The van der Waals surface area contributed by atoms with Crippen molar-refractivity contribution >= 4 is 0 Å². The molecule has 106 valence electrons. The van der Waals surface area contributed by atoms with E-state index in [0.29, 0.717) is 31.3 Å². The third-order valence-corrected chi connectivity index (χ3v) is 3.57. The normalized spacial score (nSPS) is 17.4. The molecule has 2 rings (SSSR count). The molecule has 1 aliphatic rings. The molecule has 0 unspecified atom stereocenters. The van der Waals surface area contributed by atoms with Crippen LogP contribution in [-0.4, -0.2) is 23.9 Å². The number of benzene rings is 1. The maximum absolute atomic E-state index is 10.3. The van der Waals surface area contributed by atoms with E-state index in [4.69, 9.17) is 15.2 Å². The third kappa shape index (κ3) is 3.61. The van der Waals surface area contributed by atoms with Crippen LogP contribution in [0.2, 0.25) is 0 Å². The molecule has 3 N–H and O–H groups in total. The Morgan fingerprint density at radius 1 is 1.21 bits per heavy atom. The summed E-state index contributed by atoms with van der Waals surface area (Å²) in [6.07, 6.45) is 3.78. The summed E-state index contributed by atoms with van der Waals surface area (Å²) in [7, 11) is 0. The van der Waals surface area contributed by atoms with Crippen LogP contribution < -0.4 is 15.2 Å². The Morgan fingerprint density at radius 2 is 1.95 bits per heavy atom. The van der Waals surface area contributed by atoms with Gasteiger partial charge in [0.2, 0.25) is 0 Å². The minimum absolute atomic E-state index is 0.328. The van der Waals surface area contributed by atoms with E-state index in [-0.39, 0.29) is 0 Å². The minimum atomic E-state index is -0.671. The fraction of sp³-hybridized carbons (Fsp3) is 0.600. The van der Waals surface area contributed by atoms with Gasteiger partial charge in [0, 0.05) is 6.54 Å². The summed E-state index contributed by atoms with van der Waals surface area (Å²) in [5, 5.41) is 10.3. The van der Waals surface area contributed by atoms with Crippen molar-refractivity contribution in [2.24, 2.45) is 5.73 Å². The first-order chi connectivity index (χ1) is 9.17. The van der Waals surface area contributed by atoms with Gasteiger partial charge >= 0.3 is 0 Å². The summed E-state index contributed by atoms with van der Waals surface area (Å²) < 4.78 is 11.3. The zero-order valence-corrected chi connectivity index (χ0v) is 11.5. The lowest BCUT2D eigenvalue weighted by Gasteiger charge is -2.23. The van der Waals surface area contributed by atoms with E-state index in [1.54, 1.807) is 0 Å². The van der Waals surface area contributed by atoms with Gasteiger partial charge in [0.05, 0.1) is 12.2 Å². The Labute approximate surface area is 114 Å². The second-order valence-corrected chi connectivity index (χ2v) is 5.14. The second kappa shape index (κ2) is 6.26. The summed E-state index contributed by atoms with van der Waals surface area (Å²) in [6.45, 7) is 3.32. The molecule has 1 aromatic rings. The van der Waals surface area contributed by atoms with E-state index in [9.17, 15) is 5.11 Å². The van der Waals surface area contributed by atoms with Gasteiger partial charge in [-0.25, -0.2) is 0 Å². The van der Waals surface area contributed by atoms with E-state index in [1.165, 1.54) is 0 Å². The number of hydrogen-bond donors (Lipinski definition) is 2. The van der Waals surface area contributed by atoms with Crippen LogP contribution in [0.25, 0.3) is 0 Å². The van der Waals surface area contributed by atoms with Gasteiger partial charge in [-0.15, -0.1) is 0 Å². The fourth-order valence-electron chi connectivity index (χ4n) is 2.46. The van der Waals surface area contributed by atoms with Gasteiger partial charge in [-0.3, -0.25) is 0 Å². The number of nitrogens with two attached hydrogens (primary N) is 1. The Morgan fingerprint density at radius 3 is 2.58 bits per heavy atom. The van der Waals surface area contributed by atoms with Crippen molar-refractivity contribution in [1.29, 1.82) is 0 Å². The molecule has 1 saturated carbocycles. The van der Waals surface area contributed by atoms with Gasteiger partial charge in [-0.1, -0.05) is 18.9 Å². The molecule has 0 aromatic heterocycles. The van der Waals surface area contributed by atoms with Crippen LogP contribution in [-0.2, 0) is 6.54 Å². The molecule has 0 bridgehead atoms. The van der Waals surface area contributed by atoms with Crippen LogP contribution in [0.1, 0.15) is 38.2 Å². The summed E-state index contributed by atoms with van der Waals surface area (Å²) in [6, 6.07) is 5.69. The first kappa shape index (κ1) is 14.2. The van der Waals surface area contributed by atoms with E-state index >= 15 is 0 Å². The molecule has 4 nitrogen and oxygen atoms in total. The molecule has 1 aromatic carbocycles. The molecular formula is C15H23NO3. The maximum Gasteiger partial charge on any atom is 0.161 e. The predicted octanol–water partition coefficient (Wildman–Crippen LogP) is 2.23. The third-order valence-electron chi connectivity index (χ3n) is 3.57. The van der Waals surface area contributed by atoms with Crippen molar-refractivity contribution in [1.82, 2.24) is 0 Å². The molecule has 0 radical (unpaired) electrons. The van der Waals surface area contributed by atoms with Gasteiger partial charge in [-0.2, -0.15) is 0 Å². The number of rotatable bonds is 6. The molecular weight excluding hydrogens is 242 g/mol. The van der Waals surface area contributed by atoms with Gasteiger partial charge in [-0.05, 0) is 37.5 Å². The van der Waals surface area contributed by atoms with Crippen LogP contribution in [0.5, 0.6) is 11.5 Å². The zero-order valence-electron chi connectivity index (χ0n) is 11.5. The summed E-state index contributed by atoms with van der Waals surface area (Å²) >= 11 is 0. The van der Waals surface area contributed by atoms with Crippen LogP contribution >= 0.6 is 0 Å². The largest absolute Gasteiger partial charge is 0.490 e. The Kier molecular flexibility index (Phi) is 4.66. The van der Waals surface area contributed by atoms with Crippen molar-refractivity contribution in [3.05, 3.63) is 23.8 Å². The monoisotopic (exact) mass is 265 g/mol. The molecule has 0 heterocycles. The molecule has 0 amide bonds. The van der Waals surface area contributed by atoms with Gasteiger partial charge in [0.15, 0.2) is 11.5 Å². The lowest BCUT2D eigenvalue weighted by Crippen LogP contribution is -2.32. The highest BCUT2D eigenvalue weighted by Crippen LogP contribution is 2.33. The quantitative estimate of drug-likeness (QED) is 0.828. The first-order valence-electron chi connectivity index (χ1n) is 6.98. The fourth-order valence-corrected chi connectivity index (χ4v) is 2.46. The van der Waals surface area contributed by atoms with Crippen molar-refractivity contribution in [2.75, 3.05) is 13.2 Å². The van der Waals surface area contributed by atoms with E-state index in [1.807, 2.05) is 25.1 Å². The Balaban J connectivity index is 2.05. The highest BCUT2D eigenvalue weighted by atomic mass is 16.5. The van der Waals surface area contributed by atoms with E-state index < -0.39 is 5.60 Å². The van der Waals surface area contributed by atoms with Gasteiger partial charge in [0.1, 0.15) is 6.61 Å². The lowest BCUT2D eigenvalue weighted by atomic mass is 10.0. The highest BCUT2D eigenvalue weighted by molar-refractivity contribution is 5.43.